The van der Waals surface area contributed by atoms with Gasteiger partial charge in [0.05, 0.1) is 12.2 Å². The van der Waals surface area contributed by atoms with Crippen LogP contribution >= 0.6 is 0 Å². The molecular formula is C14H20O4. The van der Waals surface area contributed by atoms with E-state index in [0.29, 0.717) is 18.8 Å². The Balaban J connectivity index is 2.37. The molecule has 4 nitrogen and oxygen atoms in total. The third-order valence-electron chi connectivity index (χ3n) is 2.48. The third-order valence-corrected chi connectivity index (χ3v) is 2.48. The number of ether oxygens (including phenoxy) is 1. The Labute approximate surface area is 108 Å². The number of hydrogen-bond acceptors (Lipinski definition) is 4. The number of hydrogen-bond donors (Lipinski definition) is 0. The van der Waals surface area contributed by atoms with Crippen molar-refractivity contribution in [2.45, 2.75) is 27.2 Å². The summed E-state index contributed by atoms with van der Waals surface area (Å²) in [7, 11) is 0. The minimum atomic E-state index is -0.457. The fourth-order valence-electron chi connectivity index (χ4n) is 1.61. The average molecular weight is 252 g/mol. The van der Waals surface area contributed by atoms with Crippen LogP contribution in [0.15, 0.2) is 18.2 Å². The number of benzene rings is 1. The van der Waals surface area contributed by atoms with Gasteiger partial charge in [-0.1, -0.05) is 25.1 Å². The van der Waals surface area contributed by atoms with Crippen molar-refractivity contribution in [2.75, 3.05) is 19.8 Å². The van der Waals surface area contributed by atoms with Gasteiger partial charge in [0.25, 0.3) is 0 Å². The molecule has 0 spiro atoms. The summed E-state index contributed by atoms with van der Waals surface area (Å²) < 4.78 is 5.20. The quantitative estimate of drug-likeness (QED) is 0.425. The Morgan fingerprint density at radius 3 is 2.39 bits per heavy atom. The van der Waals surface area contributed by atoms with Crippen LogP contribution in [-0.2, 0) is 14.5 Å². The van der Waals surface area contributed by atoms with Crippen molar-refractivity contribution >= 4 is 5.97 Å². The Morgan fingerprint density at radius 2 is 1.78 bits per heavy atom. The lowest BCUT2D eigenvalue weighted by molar-refractivity contribution is -0.247. The van der Waals surface area contributed by atoms with Gasteiger partial charge >= 0.3 is 5.97 Å². The first kappa shape index (κ1) is 14.7. The van der Waals surface area contributed by atoms with Gasteiger partial charge < -0.3 is 4.74 Å². The zero-order chi connectivity index (χ0) is 13.4. The molecule has 0 aliphatic rings. The molecule has 18 heavy (non-hydrogen) atoms. The molecule has 0 bridgehead atoms. The van der Waals surface area contributed by atoms with Crippen molar-refractivity contribution < 1.29 is 19.3 Å². The van der Waals surface area contributed by atoms with Crippen molar-refractivity contribution in [2.24, 2.45) is 0 Å². The summed E-state index contributed by atoms with van der Waals surface area (Å²) in [5.74, 6) is -0.457. The highest BCUT2D eigenvalue weighted by Gasteiger charge is 2.14. The molecule has 1 aromatic rings. The fourth-order valence-corrected chi connectivity index (χ4v) is 1.61. The van der Waals surface area contributed by atoms with Gasteiger partial charge in [-0.05, 0) is 31.4 Å². The van der Waals surface area contributed by atoms with Crippen LogP contribution in [0, 0.1) is 13.8 Å². The summed E-state index contributed by atoms with van der Waals surface area (Å²) in [5.41, 5.74) is 2.32. The first-order chi connectivity index (χ1) is 8.66. The van der Waals surface area contributed by atoms with E-state index < -0.39 is 5.97 Å². The smallest absolute Gasteiger partial charge is 0.373 e. The van der Waals surface area contributed by atoms with Crippen LogP contribution in [0.25, 0.3) is 0 Å². The molecule has 0 N–H and O–H groups in total. The molecule has 0 atom stereocenters. The summed E-state index contributed by atoms with van der Waals surface area (Å²) in [6.07, 6.45) is 0.961. The molecule has 0 aromatic heterocycles. The molecule has 0 aliphatic carbocycles. The van der Waals surface area contributed by atoms with Crippen LogP contribution in [0.5, 0.6) is 0 Å². The molecule has 0 saturated carbocycles. The highest BCUT2D eigenvalue weighted by Crippen LogP contribution is 2.14. The Kier molecular flexibility index (Phi) is 6.39. The van der Waals surface area contributed by atoms with E-state index in [1.807, 2.05) is 39.0 Å². The summed E-state index contributed by atoms with van der Waals surface area (Å²) >= 11 is 0. The summed E-state index contributed by atoms with van der Waals surface area (Å²) in [5, 5.41) is 0. The Bertz CT molecular complexity index is 367. The number of aryl methyl sites for hydroxylation is 2. The van der Waals surface area contributed by atoms with Crippen molar-refractivity contribution in [3.63, 3.8) is 0 Å². The standard InChI is InChI=1S/C14H20O4/c1-4-8-16-9-10-17-18-14(15)13-11(2)6-5-7-12(13)3/h5-7H,4,8-10H2,1-3H3. The van der Waals surface area contributed by atoms with E-state index in [4.69, 9.17) is 14.5 Å². The first-order valence-corrected chi connectivity index (χ1v) is 6.14. The molecule has 100 valence electrons. The monoisotopic (exact) mass is 252 g/mol. The predicted molar refractivity (Wildman–Crippen MR) is 68.4 cm³/mol. The molecule has 1 rings (SSSR count). The summed E-state index contributed by atoms with van der Waals surface area (Å²) in [4.78, 5) is 21.4. The topological polar surface area (TPSA) is 44.8 Å². The summed E-state index contributed by atoms with van der Waals surface area (Å²) in [6.45, 7) is 7.13. The lowest BCUT2D eigenvalue weighted by atomic mass is 10.0. The van der Waals surface area contributed by atoms with Crippen LogP contribution in [0.3, 0.4) is 0 Å². The maximum absolute atomic E-state index is 11.8. The van der Waals surface area contributed by atoms with E-state index in [0.717, 1.165) is 17.5 Å². The lowest BCUT2D eigenvalue weighted by Gasteiger charge is -2.08. The van der Waals surface area contributed by atoms with Crippen LogP contribution in [-0.4, -0.2) is 25.8 Å². The Hall–Kier alpha value is -1.39. The van der Waals surface area contributed by atoms with Gasteiger partial charge in [0.15, 0.2) is 0 Å². The van der Waals surface area contributed by atoms with Gasteiger partial charge in [0.2, 0.25) is 0 Å². The van der Waals surface area contributed by atoms with Crippen molar-refractivity contribution in [1.82, 2.24) is 0 Å². The highest BCUT2D eigenvalue weighted by atomic mass is 17.2. The van der Waals surface area contributed by atoms with E-state index in [1.54, 1.807) is 0 Å². The molecule has 0 radical (unpaired) electrons. The average Bonchev–Trinajstić information content (AvgIpc) is 2.33. The molecule has 0 aliphatic heterocycles. The zero-order valence-corrected chi connectivity index (χ0v) is 11.2. The zero-order valence-electron chi connectivity index (χ0n) is 11.2. The van der Waals surface area contributed by atoms with Gasteiger partial charge in [-0.25, -0.2) is 4.79 Å². The highest BCUT2D eigenvalue weighted by molar-refractivity contribution is 5.92. The minimum absolute atomic E-state index is 0.247. The van der Waals surface area contributed by atoms with Crippen LogP contribution in [0.2, 0.25) is 0 Å². The van der Waals surface area contributed by atoms with Gasteiger partial charge in [-0.2, -0.15) is 4.89 Å². The fraction of sp³-hybridized carbons (Fsp3) is 0.500. The molecule has 4 heteroatoms. The van der Waals surface area contributed by atoms with Crippen LogP contribution in [0.4, 0.5) is 0 Å². The minimum Gasteiger partial charge on any atom is -0.379 e. The number of rotatable bonds is 7. The predicted octanol–water partition coefficient (Wildman–Crippen LogP) is 2.82. The molecule has 1 aromatic carbocycles. The maximum Gasteiger partial charge on any atom is 0.373 e. The molecule has 0 unspecified atom stereocenters. The van der Waals surface area contributed by atoms with Gasteiger partial charge in [0.1, 0.15) is 6.61 Å². The van der Waals surface area contributed by atoms with Crippen LogP contribution < -0.4 is 0 Å². The SMILES string of the molecule is CCCOCCOOC(=O)c1c(C)cccc1C. The number of carbonyl (C=O) groups excluding carboxylic acids is 1. The molecule has 0 fully saturated rings. The largest absolute Gasteiger partial charge is 0.379 e. The van der Waals surface area contributed by atoms with Gasteiger partial charge in [-0.3, -0.25) is 4.89 Å². The van der Waals surface area contributed by atoms with E-state index >= 15 is 0 Å². The van der Waals surface area contributed by atoms with Gasteiger partial charge in [-0.15, -0.1) is 0 Å². The maximum atomic E-state index is 11.8. The molecule has 0 heterocycles. The third kappa shape index (κ3) is 4.47. The van der Waals surface area contributed by atoms with E-state index in [2.05, 4.69) is 0 Å². The molecule has 0 saturated heterocycles. The molecule has 0 amide bonds. The van der Waals surface area contributed by atoms with E-state index in [9.17, 15) is 4.79 Å². The first-order valence-electron chi connectivity index (χ1n) is 6.14. The normalized spacial score (nSPS) is 10.4. The van der Waals surface area contributed by atoms with Gasteiger partial charge in [0, 0.05) is 6.61 Å². The van der Waals surface area contributed by atoms with E-state index in [-0.39, 0.29) is 6.61 Å². The second kappa shape index (κ2) is 7.84. The van der Waals surface area contributed by atoms with Crippen molar-refractivity contribution in [3.8, 4) is 0 Å². The Morgan fingerprint density at radius 1 is 1.11 bits per heavy atom. The van der Waals surface area contributed by atoms with Crippen molar-refractivity contribution in [1.29, 1.82) is 0 Å². The summed E-state index contributed by atoms with van der Waals surface area (Å²) in [6, 6.07) is 5.64. The lowest BCUT2D eigenvalue weighted by Crippen LogP contribution is -2.12. The molecular weight excluding hydrogens is 232 g/mol. The van der Waals surface area contributed by atoms with Crippen LogP contribution in [0.1, 0.15) is 34.8 Å². The van der Waals surface area contributed by atoms with Crippen molar-refractivity contribution in [3.05, 3.63) is 34.9 Å². The number of carbonyl (C=O) groups is 1. The second-order valence-corrected chi connectivity index (χ2v) is 4.07. The van der Waals surface area contributed by atoms with E-state index in [1.165, 1.54) is 0 Å². The second-order valence-electron chi connectivity index (χ2n) is 4.07.